The molecule has 0 saturated carbocycles. The van der Waals surface area contributed by atoms with Crippen molar-refractivity contribution in [1.29, 1.82) is 0 Å². The summed E-state index contributed by atoms with van der Waals surface area (Å²) >= 11 is 1.68. The van der Waals surface area contributed by atoms with Gasteiger partial charge in [-0.2, -0.15) is 0 Å². The van der Waals surface area contributed by atoms with Gasteiger partial charge in [0.05, 0.1) is 0 Å². The molecule has 1 aromatic carbocycles. The molecule has 6 heteroatoms. The molecule has 2 heterocycles. The molecule has 1 aliphatic heterocycles. The van der Waals surface area contributed by atoms with Crippen LogP contribution in [0, 0.1) is 25.7 Å². The number of nitrogens with zero attached hydrogens (tertiary/aromatic N) is 3. The average Bonchev–Trinajstić information content (AvgIpc) is 2.69. The maximum absolute atomic E-state index is 12.3. The number of piperidine rings is 1. The Balaban J connectivity index is 1.60. The highest BCUT2D eigenvalue weighted by atomic mass is 32.2. The number of carbonyl (C=O) groups is 1. The molecular formula is C22H30N4OS. The number of hydrogen-bond donors (Lipinski definition) is 1. The summed E-state index contributed by atoms with van der Waals surface area (Å²) in [4.78, 5) is 24.7. The van der Waals surface area contributed by atoms with Gasteiger partial charge in [-0.15, -0.1) is 0 Å². The van der Waals surface area contributed by atoms with E-state index in [-0.39, 0.29) is 11.8 Å². The molecule has 1 saturated heterocycles. The van der Waals surface area contributed by atoms with Gasteiger partial charge in [0, 0.05) is 36.5 Å². The zero-order valence-electron chi connectivity index (χ0n) is 17.2. The average molecular weight is 399 g/mol. The fraction of sp³-hybridized carbons (Fsp3) is 0.500. The number of aryl methyl sites for hydroxylation is 2. The van der Waals surface area contributed by atoms with Gasteiger partial charge in [0.25, 0.3) is 0 Å². The van der Waals surface area contributed by atoms with Crippen LogP contribution in [0.1, 0.15) is 37.8 Å². The number of aromatic nitrogens is 2. The van der Waals surface area contributed by atoms with Crippen molar-refractivity contribution in [3.05, 3.63) is 41.7 Å². The fourth-order valence-electron chi connectivity index (χ4n) is 3.31. The molecule has 1 fully saturated rings. The largest absolute Gasteiger partial charge is 0.356 e. The van der Waals surface area contributed by atoms with E-state index in [1.807, 2.05) is 0 Å². The van der Waals surface area contributed by atoms with Gasteiger partial charge in [0.2, 0.25) is 5.91 Å². The van der Waals surface area contributed by atoms with Crippen LogP contribution in [0.4, 0.5) is 5.82 Å². The molecule has 1 aliphatic rings. The molecule has 28 heavy (non-hydrogen) atoms. The Hall–Kier alpha value is -2.08. The molecule has 150 valence electrons. The minimum atomic E-state index is 0.112. The smallest absolute Gasteiger partial charge is 0.223 e. The van der Waals surface area contributed by atoms with Crippen LogP contribution in [-0.4, -0.2) is 35.5 Å². The quantitative estimate of drug-likeness (QED) is 0.738. The molecule has 2 aromatic rings. The Morgan fingerprint density at radius 2 is 1.96 bits per heavy atom. The zero-order chi connectivity index (χ0) is 20.1. The van der Waals surface area contributed by atoms with Gasteiger partial charge in [-0.05, 0) is 49.8 Å². The second-order valence-electron chi connectivity index (χ2n) is 7.99. The molecule has 0 unspecified atom stereocenters. The lowest BCUT2D eigenvalue weighted by atomic mass is 9.95. The number of nitrogens with one attached hydrogen (secondary N) is 1. The van der Waals surface area contributed by atoms with Crippen LogP contribution in [0.3, 0.4) is 0 Å². The first kappa shape index (κ1) is 20.6. The summed E-state index contributed by atoms with van der Waals surface area (Å²) in [5.41, 5.74) is 2.50. The van der Waals surface area contributed by atoms with Gasteiger partial charge in [-0.3, -0.25) is 4.79 Å². The highest BCUT2D eigenvalue weighted by Crippen LogP contribution is 2.31. The van der Waals surface area contributed by atoms with E-state index < -0.39 is 0 Å². The highest BCUT2D eigenvalue weighted by Gasteiger charge is 2.25. The molecule has 5 nitrogen and oxygen atoms in total. The van der Waals surface area contributed by atoms with Crippen molar-refractivity contribution >= 4 is 23.5 Å². The minimum absolute atomic E-state index is 0.112. The van der Waals surface area contributed by atoms with Crippen molar-refractivity contribution in [1.82, 2.24) is 15.3 Å². The second-order valence-corrected chi connectivity index (χ2v) is 9.05. The van der Waals surface area contributed by atoms with E-state index >= 15 is 0 Å². The van der Waals surface area contributed by atoms with Crippen LogP contribution >= 0.6 is 11.8 Å². The maximum Gasteiger partial charge on any atom is 0.223 e. The molecule has 0 atom stereocenters. The number of rotatable bonds is 6. The van der Waals surface area contributed by atoms with Crippen LogP contribution < -0.4 is 10.2 Å². The highest BCUT2D eigenvalue weighted by molar-refractivity contribution is 7.99. The summed E-state index contributed by atoms with van der Waals surface area (Å²) in [6.45, 7) is 10.9. The molecule has 0 bridgehead atoms. The number of benzene rings is 1. The third kappa shape index (κ3) is 5.47. The fourth-order valence-corrected chi connectivity index (χ4v) is 4.27. The number of hydrogen-bond acceptors (Lipinski definition) is 5. The van der Waals surface area contributed by atoms with Crippen LogP contribution in [0.5, 0.6) is 0 Å². The van der Waals surface area contributed by atoms with Gasteiger partial charge in [-0.25, -0.2) is 9.97 Å². The summed E-state index contributed by atoms with van der Waals surface area (Å²) in [7, 11) is 0. The SMILES string of the molecule is Cc1ccc(C)c(Sc2cc(N3CCC(C(=O)NCC(C)C)CC3)ncn2)c1. The monoisotopic (exact) mass is 398 g/mol. The van der Waals surface area contributed by atoms with Gasteiger partial charge in [0.15, 0.2) is 0 Å². The predicted molar refractivity (Wildman–Crippen MR) is 115 cm³/mol. The summed E-state index contributed by atoms with van der Waals surface area (Å²) < 4.78 is 0. The van der Waals surface area contributed by atoms with E-state index in [4.69, 9.17) is 0 Å². The van der Waals surface area contributed by atoms with Crippen molar-refractivity contribution in [2.45, 2.75) is 50.5 Å². The van der Waals surface area contributed by atoms with Crippen molar-refractivity contribution in [3.8, 4) is 0 Å². The third-order valence-electron chi connectivity index (χ3n) is 5.06. The Morgan fingerprint density at radius 3 is 2.68 bits per heavy atom. The molecule has 0 aliphatic carbocycles. The Kier molecular flexibility index (Phi) is 6.94. The number of carbonyl (C=O) groups excluding carboxylic acids is 1. The predicted octanol–water partition coefficient (Wildman–Crippen LogP) is 4.23. The maximum atomic E-state index is 12.3. The Bertz CT molecular complexity index is 816. The first-order valence-corrected chi connectivity index (χ1v) is 10.8. The van der Waals surface area contributed by atoms with E-state index in [1.165, 1.54) is 16.0 Å². The molecular weight excluding hydrogens is 368 g/mol. The minimum Gasteiger partial charge on any atom is -0.356 e. The molecule has 3 rings (SSSR count). The molecule has 0 spiro atoms. The zero-order valence-corrected chi connectivity index (χ0v) is 18.1. The van der Waals surface area contributed by atoms with Crippen molar-refractivity contribution < 1.29 is 4.79 Å². The van der Waals surface area contributed by atoms with E-state index in [2.05, 4.69) is 72.1 Å². The summed E-state index contributed by atoms with van der Waals surface area (Å²) in [6, 6.07) is 8.54. The topological polar surface area (TPSA) is 58.1 Å². The van der Waals surface area contributed by atoms with Gasteiger partial charge in [-0.1, -0.05) is 37.7 Å². The first-order valence-electron chi connectivity index (χ1n) is 10.0. The normalized spacial score (nSPS) is 15.1. The summed E-state index contributed by atoms with van der Waals surface area (Å²) in [6.07, 6.45) is 3.38. The Labute approximate surface area is 172 Å². The lowest BCUT2D eigenvalue weighted by Gasteiger charge is -2.32. The van der Waals surface area contributed by atoms with Crippen molar-refractivity contribution in [3.63, 3.8) is 0 Å². The summed E-state index contributed by atoms with van der Waals surface area (Å²) in [5.74, 6) is 1.74. The molecule has 0 radical (unpaired) electrons. The lowest BCUT2D eigenvalue weighted by molar-refractivity contribution is -0.125. The molecule has 1 N–H and O–H groups in total. The first-order chi connectivity index (χ1) is 13.4. The number of anilines is 1. The van der Waals surface area contributed by atoms with Gasteiger partial charge < -0.3 is 10.2 Å². The van der Waals surface area contributed by atoms with Crippen molar-refractivity contribution in [2.24, 2.45) is 11.8 Å². The van der Waals surface area contributed by atoms with Crippen LogP contribution in [0.25, 0.3) is 0 Å². The van der Waals surface area contributed by atoms with Gasteiger partial charge in [0.1, 0.15) is 17.2 Å². The van der Waals surface area contributed by atoms with E-state index in [0.29, 0.717) is 5.92 Å². The second kappa shape index (κ2) is 9.41. The van der Waals surface area contributed by atoms with Crippen molar-refractivity contribution in [2.75, 3.05) is 24.5 Å². The summed E-state index contributed by atoms with van der Waals surface area (Å²) in [5, 5.41) is 4.02. The standard InChI is InChI=1S/C22H30N4OS/c1-15(2)13-23-22(27)18-7-9-26(10-8-18)20-12-21(25-14-24-20)28-19-11-16(3)5-6-17(19)4/h5-6,11-12,14-15,18H,7-10,13H2,1-4H3,(H,23,27). The van der Waals surface area contributed by atoms with Crippen LogP contribution in [0.15, 0.2) is 40.5 Å². The van der Waals surface area contributed by atoms with E-state index in [9.17, 15) is 4.79 Å². The van der Waals surface area contributed by atoms with E-state index in [1.54, 1.807) is 18.1 Å². The van der Waals surface area contributed by atoms with Crippen LogP contribution in [-0.2, 0) is 4.79 Å². The van der Waals surface area contributed by atoms with Gasteiger partial charge >= 0.3 is 0 Å². The molecule has 1 amide bonds. The molecule has 1 aromatic heterocycles. The van der Waals surface area contributed by atoms with E-state index in [0.717, 1.165) is 43.3 Å². The van der Waals surface area contributed by atoms with Crippen LogP contribution in [0.2, 0.25) is 0 Å². The third-order valence-corrected chi connectivity index (χ3v) is 6.15. The lowest BCUT2D eigenvalue weighted by Crippen LogP contribution is -2.41. The number of amides is 1. The Morgan fingerprint density at radius 1 is 1.21 bits per heavy atom.